The van der Waals surface area contributed by atoms with Crippen LogP contribution in [0.25, 0.3) is 5.57 Å². The second-order valence-corrected chi connectivity index (χ2v) is 6.22. The Hall–Kier alpha value is -1.04. The first kappa shape index (κ1) is 11.4. The lowest BCUT2D eigenvalue weighted by Gasteiger charge is -2.45. The van der Waals surface area contributed by atoms with Crippen LogP contribution < -0.4 is 0 Å². The third-order valence-electron chi connectivity index (χ3n) is 4.42. The van der Waals surface area contributed by atoms with Crippen LogP contribution in [0, 0.1) is 5.41 Å². The van der Waals surface area contributed by atoms with Crippen LogP contribution in [0.15, 0.2) is 30.3 Å². The van der Waals surface area contributed by atoms with Crippen LogP contribution in [-0.2, 0) is 5.41 Å². The Morgan fingerprint density at radius 2 is 1.75 bits per heavy atom. The van der Waals surface area contributed by atoms with Crippen molar-refractivity contribution in [3.05, 3.63) is 41.5 Å². The first-order valence-electron chi connectivity index (χ1n) is 6.13. The fraction of sp³-hybridized carbons (Fsp3) is 0.500. The molecule has 0 saturated carbocycles. The summed E-state index contributed by atoms with van der Waals surface area (Å²) in [5.74, 6) is 0. The van der Waals surface area contributed by atoms with Gasteiger partial charge in [0.2, 0.25) is 0 Å². The molecule has 16 heavy (non-hydrogen) atoms. The van der Waals surface area contributed by atoms with Crippen molar-refractivity contribution in [1.29, 1.82) is 0 Å². The quantitative estimate of drug-likeness (QED) is 0.582. The molecule has 1 unspecified atom stereocenters. The number of fused-ring (bicyclic) bond motifs is 1. The van der Waals surface area contributed by atoms with Gasteiger partial charge in [0.25, 0.3) is 0 Å². The first-order chi connectivity index (χ1) is 7.36. The molecule has 2 rings (SSSR count). The van der Waals surface area contributed by atoms with Gasteiger partial charge in [-0.25, -0.2) is 0 Å². The molecule has 0 fully saturated rings. The van der Waals surface area contributed by atoms with Crippen LogP contribution in [0.2, 0.25) is 0 Å². The molecule has 0 saturated heterocycles. The lowest BCUT2D eigenvalue weighted by atomic mass is 9.59. The minimum atomic E-state index is 0.253. The predicted molar refractivity (Wildman–Crippen MR) is 71.5 cm³/mol. The summed E-state index contributed by atoms with van der Waals surface area (Å²) in [6.45, 7) is 11.7. The zero-order valence-electron chi connectivity index (χ0n) is 11.1. The summed E-state index contributed by atoms with van der Waals surface area (Å²) >= 11 is 0. The van der Waals surface area contributed by atoms with Crippen LogP contribution in [0.1, 0.15) is 52.2 Å². The Bertz CT molecular complexity index is 432. The molecule has 0 radical (unpaired) electrons. The minimum Gasteiger partial charge on any atom is -0.0801 e. The molecule has 1 atom stereocenters. The van der Waals surface area contributed by atoms with E-state index in [2.05, 4.69) is 65.0 Å². The smallest absolute Gasteiger partial charge is 0.00139 e. The molecular weight excluding hydrogens is 192 g/mol. The van der Waals surface area contributed by atoms with Crippen molar-refractivity contribution in [3.8, 4) is 0 Å². The van der Waals surface area contributed by atoms with E-state index in [-0.39, 0.29) is 5.41 Å². The number of benzene rings is 1. The standard InChI is InChI=1S/C16H22/c1-12-10-11-16(5,15(2,3)4)14-9-7-6-8-13(12)14/h6-10H,11H2,1-5H3. The molecule has 1 aliphatic rings. The van der Waals surface area contributed by atoms with Gasteiger partial charge in [0.15, 0.2) is 0 Å². The summed E-state index contributed by atoms with van der Waals surface area (Å²) in [6.07, 6.45) is 3.55. The van der Waals surface area contributed by atoms with Crippen molar-refractivity contribution in [2.75, 3.05) is 0 Å². The second-order valence-electron chi connectivity index (χ2n) is 6.22. The lowest BCUT2D eigenvalue weighted by molar-refractivity contribution is 0.203. The third-order valence-corrected chi connectivity index (χ3v) is 4.42. The maximum Gasteiger partial charge on any atom is 0.00139 e. The Balaban J connectivity index is 2.64. The van der Waals surface area contributed by atoms with Gasteiger partial charge in [0, 0.05) is 5.41 Å². The average molecular weight is 214 g/mol. The van der Waals surface area contributed by atoms with Crippen molar-refractivity contribution in [2.24, 2.45) is 5.41 Å². The molecule has 0 N–H and O–H groups in total. The van der Waals surface area contributed by atoms with Crippen LogP contribution in [-0.4, -0.2) is 0 Å². The van der Waals surface area contributed by atoms with Crippen molar-refractivity contribution >= 4 is 5.57 Å². The largest absolute Gasteiger partial charge is 0.0801 e. The van der Waals surface area contributed by atoms with E-state index in [9.17, 15) is 0 Å². The molecule has 0 heterocycles. The second kappa shape index (κ2) is 3.48. The Kier molecular flexibility index (Phi) is 2.49. The third kappa shape index (κ3) is 1.52. The monoisotopic (exact) mass is 214 g/mol. The summed E-state index contributed by atoms with van der Waals surface area (Å²) in [5, 5.41) is 0. The number of rotatable bonds is 0. The summed E-state index contributed by atoms with van der Waals surface area (Å²) in [5.41, 5.74) is 4.93. The van der Waals surface area contributed by atoms with Crippen LogP contribution in [0.5, 0.6) is 0 Å². The van der Waals surface area contributed by atoms with Crippen LogP contribution >= 0.6 is 0 Å². The molecule has 1 aliphatic carbocycles. The van der Waals surface area contributed by atoms with Crippen molar-refractivity contribution in [1.82, 2.24) is 0 Å². The van der Waals surface area contributed by atoms with Gasteiger partial charge in [0.1, 0.15) is 0 Å². The molecule has 0 amide bonds. The van der Waals surface area contributed by atoms with Crippen molar-refractivity contribution < 1.29 is 0 Å². The molecule has 1 aromatic rings. The van der Waals surface area contributed by atoms with Gasteiger partial charge in [0.05, 0.1) is 0 Å². The molecule has 0 bridgehead atoms. The maximum atomic E-state index is 2.40. The molecule has 0 nitrogen and oxygen atoms in total. The highest BCUT2D eigenvalue weighted by atomic mass is 14.4. The fourth-order valence-corrected chi connectivity index (χ4v) is 2.60. The average Bonchev–Trinajstić information content (AvgIpc) is 2.23. The van der Waals surface area contributed by atoms with Gasteiger partial charge in [-0.05, 0) is 35.5 Å². The Morgan fingerprint density at radius 1 is 1.12 bits per heavy atom. The van der Waals surface area contributed by atoms with Gasteiger partial charge in [-0.1, -0.05) is 58.0 Å². The van der Waals surface area contributed by atoms with Gasteiger partial charge < -0.3 is 0 Å². The van der Waals surface area contributed by atoms with E-state index in [0.717, 1.165) is 6.42 Å². The zero-order chi connectivity index (χ0) is 12.0. The van der Waals surface area contributed by atoms with E-state index < -0.39 is 0 Å². The van der Waals surface area contributed by atoms with E-state index in [1.54, 1.807) is 0 Å². The minimum absolute atomic E-state index is 0.253. The SMILES string of the molecule is CC1=CCC(C)(C(C)(C)C)c2ccccc21. The topological polar surface area (TPSA) is 0 Å². The summed E-state index contributed by atoms with van der Waals surface area (Å²) in [4.78, 5) is 0. The van der Waals surface area contributed by atoms with Gasteiger partial charge >= 0.3 is 0 Å². The Labute approximate surface area is 99.4 Å². The van der Waals surface area contributed by atoms with E-state index in [1.165, 1.54) is 16.7 Å². The lowest BCUT2D eigenvalue weighted by Crippen LogP contribution is -2.38. The zero-order valence-corrected chi connectivity index (χ0v) is 11.1. The van der Waals surface area contributed by atoms with Gasteiger partial charge in [-0.2, -0.15) is 0 Å². The fourth-order valence-electron chi connectivity index (χ4n) is 2.60. The number of allylic oxidation sites excluding steroid dienone is 2. The normalized spacial score (nSPS) is 24.9. The summed E-state index contributed by atoms with van der Waals surface area (Å²) < 4.78 is 0. The van der Waals surface area contributed by atoms with E-state index >= 15 is 0 Å². The van der Waals surface area contributed by atoms with Crippen molar-refractivity contribution in [2.45, 2.75) is 46.5 Å². The first-order valence-corrected chi connectivity index (χ1v) is 6.13. The molecule has 0 heteroatoms. The van der Waals surface area contributed by atoms with E-state index in [4.69, 9.17) is 0 Å². The number of hydrogen-bond acceptors (Lipinski definition) is 0. The highest BCUT2D eigenvalue weighted by Gasteiger charge is 2.41. The van der Waals surface area contributed by atoms with E-state index in [1.807, 2.05) is 0 Å². The summed E-state index contributed by atoms with van der Waals surface area (Å²) in [6, 6.07) is 8.87. The van der Waals surface area contributed by atoms with Crippen molar-refractivity contribution in [3.63, 3.8) is 0 Å². The maximum absolute atomic E-state index is 2.40. The Morgan fingerprint density at radius 3 is 2.38 bits per heavy atom. The molecule has 0 spiro atoms. The molecule has 1 aromatic carbocycles. The highest BCUT2D eigenvalue weighted by Crippen LogP contribution is 2.49. The molecule has 0 aromatic heterocycles. The highest BCUT2D eigenvalue weighted by molar-refractivity contribution is 5.70. The molecule has 0 aliphatic heterocycles. The van der Waals surface area contributed by atoms with Crippen LogP contribution in [0.3, 0.4) is 0 Å². The van der Waals surface area contributed by atoms with Crippen LogP contribution in [0.4, 0.5) is 0 Å². The molecule has 86 valence electrons. The van der Waals surface area contributed by atoms with E-state index in [0.29, 0.717) is 5.41 Å². The van der Waals surface area contributed by atoms with Gasteiger partial charge in [-0.3, -0.25) is 0 Å². The molecular formula is C16H22. The predicted octanol–water partition coefficient (Wildman–Crippen LogP) is 4.80. The van der Waals surface area contributed by atoms with Gasteiger partial charge in [-0.15, -0.1) is 0 Å². The summed E-state index contributed by atoms with van der Waals surface area (Å²) in [7, 11) is 0. The number of hydrogen-bond donors (Lipinski definition) is 0.